The van der Waals surface area contributed by atoms with Crippen LogP contribution in [0, 0.1) is 18.8 Å². The van der Waals surface area contributed by atoms with E-state index < -0.39 is 0 Å². The van der Waals surface area contributed by atoms with Crippen LogP contribution in [0.25, 0.3) is 0 Å². The van der Waals surface area contributed by atoms with Crippen LogP contribution in [0.15, 0.2) is 18.2 Å². The van der Waals surface area contributed by atoms with Crippen molar-refractivity contribution in [2.24, 2.45) is 11.8 Å². The van der Waals surface area contributed by atoms with Gasteiger partial charge in [0.15, 0.2) is 0 Å². The van der Waals surface area contributed by atoms with Gasteiger partial charge in [-0.1, -0.05) is 57.6 Å². The number of hydrogen-bond donors (Lipinski definition) is 1. The van der Waals surface area contributed by atoms with E-state index in [-0.39, 0.29) is 6.10 Å². The summed E-state index contributed by atoms with van der Waals surface area (Å²) in [4.78, 5) is 0. The molecule has 1 aromatic rings. The standard InChI is InChI=1S/C22H36O2/c1-4-5-6-7-8-9-12-19-14-18(16-21(19)23)15-20-17(2)11-10-13-22(20)24-3/h10-11,13,18-19,21,23H,4-9,12,14-16H2,1-3H3/t18-,19?,21+/m0/s1. The van der Waals surface area contributed by atoms with Crippen molar-refractivity contribution in [3.8, 4) is 5.75 Å². The van der Waals surface area contributed by atoms with E-state index in [1.165, 1.54) is 62.5 Å². The molecule has 1 N–H and O–H groups in total. The Morgan fingerprint density at radius 1 is 1.08 bits per heavy atom. The van der Waals surface area contributed by atoms with Crippen LogP contribution in [-0.2, 0) is 6.42 Å². The Labute approximate surface area is 148 Å². The molecule has 1 aliphatic carbocycles. The van der Waals surface area contributed by atoms with Crippen LogP contribution in [0.4, 0.5) is 0 Å². The first-order chi connectivity index (χ1) is 11.7. The maximum atomic E-state index is 10.4. The zero-order valence-electron chi connectivity index (χ0n) is 15.9. The number of methoxy groups -OCH3 is 1. The van der Waals surface area contributed by atoms with Crippen molar-refractivity contribution in [1.29, 1.82) is 0 Å². The fourth-order valence-electron chi connectivity index (χ4n) is 4.30. The third kappa shape index (κ3) is 5.51. The lowest BCUT2D eigenvalue weighted by Crippen LogP contribution is -2.12. The Morgan fingerprint density at radius 2 is 1.83 bits per heavy atom. The van der Waals surface area contributed by atoms with Crippen molar-refractivity contribution in [2.45, 2.75) is 84.2 Å². The highest BCUT2D eigenvalue weighted by Crippen LogP contribution is 2.38. The van der Waals surface area contributed by atoms with Gasteiger partial charge in [0.1, 0.15) is 5.75 Å². The molecular weight excluding hydrogens is 296 g/mol. The van der Waals surface area contributed by atoms with Gasteiger partial charge in [0.25, 0.3) is 0 Å². The van der Waals surface area contributed by atoms with Gasteiger partial charge in [0.2, 0.25) is 0 Å². The first-order valence-corrected chi connectivity index (χ1v) is 9.96. The minimum Gasteiger partial charge on any atom is -0.496 e. The van der Waals surface area contributed by atoms with E-state index in [0.717, 1.165) is 18.6 Å². The average molecular weight is 333 g/mol. The molecule has 1 fully saturated rings. The van der Waals surface area contributed by atoms with Crippen molar-refractivity contribution >= 4 is 0 Å². The zero-order valence-corrected chi connectivity index (χ0v) is 15.9. The second-order valence-corrected chi connectivity index (χ2v) is 7.68. The van der Waals surface area contributed by atoms with Crippen LogP contribution in [0.3, 0.4) is 0 Å². The number of aliphatic hydroxyl groups is 1. The highest BCUT2D eigenvalue weighted by atomic mass is 16.5. The van der Waals surface area contributed by atoms with Crippen molar-refractivity contribution in [3.05, 3.63) is 29.3 Å². The van der Waals surface area contributed by atoms with E-state index in [4.69, 9.17) is 4.74 Å². The molecule has 2 nitrogen and oxygen atoms in total. The van der Waals surface area contributed by atoms with Gasteiger partial charge in [-0.15, -0.1) is 0 Å². The van der Waals surface area contributed by atoms with E-state index in [0.29, 0.717) is 11.8 Å². The topological polar surface area (TPSA) is 29.5 Å². The van der Waals surface area contributed by atoms with Gasteiger partial charge in [-0.25, -0.2) is 0 Å². The van der Waals surface area contributed by atoms with Gasteiger partial charge in [-0.05, 0) is 61.6 Å². The van der Waals surface area contributed by atoms with Gasteiger partial charge in [0, 0.05) is 0 Å². The molecule has 0 aliphatic heterocycles. The molecule has 1 aliphatic rings. The number of hydrogen-bond acceptors (Lipinski definition) is 2. The summed E-state index contributed by atoms with van der Waals surface area (Å²) in [7, 11) is 1.75. The van der Waals surface area contributed by atoms with Crippen LogP contribution in [0.1, 0.15) is 75.8 Å². The summed E-state index contributed by atoms with van der Waals surface area (Å²) in [6.07, 6.45) is 12.3. The van der Waals surface area contributed by atoms with E-state index in [1.54, 1.807) is 7.11 Å². The fraction of sp³-hybridized carbons (Fsp3) is 0.727. The molecule has 0 amide bonds. The summed E-state index contributed by atoms with van der Waals surface area (Å²) >= 11 is 0. The molecule has 0 saturated heterocycles. The van der Waals surface area contributed by atoms with E-state index in [2.05, 4.69) is 32.0 Å². The minimum absolute atomic E-state index is 0.0966. The number of unbranched alkanes of at least 4 members (excludes halogenated alkanes) is 5. The molecule has 2 rings (SSSR count). The Bertz CT molecular complexity index is 483. The molecule has 136 valence electrons. The van der Waals surface area contributed by atoms with E-state index in [1.807, 2.05) is 0 Å². The molecule has 1 aromatic carbocycles. The molecule has 2 heteroatoms. The van der Waals surface area contributed by atoms with E-state index in [9.17, 15) is 5.11 Å². The highest BCUT2D eigenvalue weighted by molar-refractivity contribution is 5.40. The zero-order chi connectivity index (χ0) is 17.4. The van der Waals surface area contributed by atoms with Crippen molar-refractivity contribution in [2.75, 3.05) is 7.11 Å². The highest BCUT2D eigenvalue weighted by Gasteiger charge is 2.33. The maximum absolute atomic E-state index is 10.4. The lowest BCUT2D eigenvalue weighted by atomic mass is 9.92. The molecule has 0 radical (unpaired) electrons. The number of rotatable bonds is 10. The van der Waals surface area contributed by atoms with Crippen LogP contribution in [-0.4, -0.2) is 18.3 Å². The quantitative estimate of drug-likeness (QED) is 0.558. The van der Waals surface area contributed by atoms with Crippen LogP contribution in [0.5, 0.6) is 5.75 Å². The summed E-state index contributed by atoms with van der Waals surface area (Å²) in [5, 5.41) is 10.4. The molecule has 0 aromatic heterocycles. The Kier molecular flexibility index (Phi) is 8.11. The summed E-state index contributed by atoms with van der Waals surface area (Å²) in [6.45, 7) is 4.43. The average Bonchev–Trinajstić information content (AvgIpc) is 2.92. The third-order valence-corrected chi connectivity index (χ3v) is 5.76. The number of ether oxygens (including phenoxy) is 1. The number of aliphatic hydroxyl groups excluding tert-OH is 1. The molecule has 1 unspecified atom stereocenters. The van der Waals surface area contributed by atoms with Gasteiger partial charge in [-0.3, -0.25) is 0 Å². The normalized spacial score (nSPS) is 23.6. The summed E-state index contributed by atoms with van der Waals surface area (Å²) in [5.41, 5.74) is 2.64. The van der Waals surface area contributed by atoms with Crippen molar-refractivity contribution in [1.82, 2.24) is 0 Å². The SMILES string of the molecule is CCCCCCCCC1C[C@@H](Cc2c(C)cccc2OC)C[C@H]1O. The monoisotopic (exact) mass is 332 g/mol. The molecule has 0 heterocycles. The lowest BCUT2D eigenvalue weighted by Gasteiger charge is -2.16. The van der Waals surface area contributed by atoms with Crippen LogP contribution in [0.2, 0.25) is 0 Å². The van der Waals surface area contributed by atoms with Crippen molar-refractivity contribution in [3.63, 3.8) is 0 Å². The van der Waals surface area contributed by atoms with Gasteiger partial charge < -0.3 is 9.84 Å². The fourth-order valence-corrected chi connectivity index (χ4v) is 4.30. The molecule has 1 saturated carbocycles. The summed E-state index contributed by atoms with van der Waals surface area (Å²) in [5.74, 6) is 2.11. The van der Waals surface area contributed by atoms with Crippen LogP contribution < -0.4 is 4.74 Å². The minimum atomic E-state index is -0.0966. The second-order valence-electron chi connectivity index (χ2n) is 7.68. The van der Waals surface area contributed by atoms with E-state index >= 15 is 0 Å². The Balaban J connectivity index is 1.79. The maximum Gasteiger partial charge on any atom is 0.122 e. The van der Waals surface area contributed by atoms with Gasteiger partial charge in [0.05, 0.1) is 13.2 Å². The van der Waals surface area contributed by atoms with Gasteiger partial charge in [-0.2, -0.15) is 0 Å². The lowest BCUT2D eigenvalue weighted by molar-refractivity contribution is 0.125. The summed E-state index contributed by atoms with van der Waals surface area (Å²) < 4.78 is 5.54. The first kappa shape index (κ1) is 19.3. The summed E-state index contributed by atoms with van der Waals surface area (Å²) in [6, 6.07) is 6.28. The molecular formula is C22H36O2. The Morgan fingerprint density at radius 3 is 2.58 bits per heavy atom. The largest absolute Gasteiger partial charge is 0.496 e. The molecule has 0 bridgehead atoms. The number of benzene rings is 1. The predicted molar refractivity (Wildman–Crippen MR) is 102 cm³/mol. The molecule has 24 heavy (non-hydrogen) atoms. The second kappa shape index (κ2) is 10.1. The molecule has 0 spiro atoms. The molecule has 3 atom stereocenters. The number of aryl methyl sites for hydroxylation is 1. The van der Waals surface area contributed by atoms with Crippen molar-refractivity contribution < 1.29 is 9.84 Å². The smallest absolute Gasteiger partial charge is 0.122 e. The third-order valence-electron chi connectivity index (χ3n) is 5.76. The first-order valence-electron chi connectivity index (χ1n) is 9.96. The van der Waals surface area contributed by atoms with Crippen LogP contribution >= 0.6 is 0 Å². The predicted octanol–water partition coefficient (Wildman–Crippen LogP) is 5.68. The van der Waals surface area contributed by atoms with Gasteiger partial charge >= 0.3 is 0 Å². The Hall–Kier alpha value is -1.02.